The lowest BCUT2D eigenvalue weighted by Gasteiger charge is -2.34. The highest BCUT2D eigenvalue weighted by atomic mass is 35.5. The molecule has 0 saturated carbocycles. The molecule has 4 aromatic rings. The van der Waals surface area contributed by atoms with Crippen LogP contribution >= 0.6 is 23.2 Å². The minimum absolute atomic E-state index is 0.191. The lowest BCUT2D eigenvalue weighted by atomic mass is 9.79. The second-order valence-corrected chi connectivity index (χ2v) is 9.25. The van der Waals surface area contributed by atoms with Gasteiger partial charge in [0.25, 0.3) is 0 Å². The van der Waals surface area contributed by atoms with Gasteiger partial charge in [-0.2, -0.15) is 0 Å². The number of para-hydroxylation sites is 1. The van der Waals surface area contributed by atoms with Gasteiger partial charge in [-0.15, -0.1) is 0 Å². The molecule has 1 heterocycles. The summed E-state index contributed by atoms with van der Waals surface area (Å²) in [7, 11) is 0. The third kappa shape index (κ3) is 3.54. The van der Waals surface area contributed by atoms with Crippen LogP contribution < -0.4 is 15.5 Å². The Morgan fingerprint density at radius 2 is 1.72 bits per heavy atom. The van der Waals surface area contributed by atoms with Crippen molar-refractivity contribution in [2.75, 3.05) is 15.5 Å². The van der Waals surface area contributed by atoms with Gasteiger partial charge in [-0.1, -0.05) is 65.7 Å². The highest BCUT2D eigenvalue weighted by Crippen LogP contribution is 2.51. The molecule has 8 heteroatoms. The van der Waals surface area contributed by atoms with Crippen LogP contribution in [0.25, 0.3) is 0 Å². The number of aliphatic imine (C=N–C) groups is 1. The van der Waals surface area contributed by atoms with Crippen LogP contribution in [0.5, 0.6) is 0 Å². The Balaban J connectivity index is 1.65. The SMILES string of the molecule is O=CN(c1cc(Cl)ccc1Cl)c1cc(Nc2ccccc2)c2c3c1C(=O)c1ccccc1C3N=CN2. The zero-order valence-corrected chi connectivity index (χ0v) is 20.2. The van der Waals surface area contributed by atoms with Crippen LogP contribution in [0, 0.1) is 0 Å². The van der Waals surface area contributed by atoms with Crippen molar-refractivity contribution >= 4 is 70.2 Å². The van der Waals surface area contributed by atoms with Gasteiger partial charge in [0.2, 0.25) is 6.41 Å². The average Bonchev–Trinajstić information content (AvgIpc) is 2.91. The Morgan fingerprint density at radius 3 is 2.53 bits per heavy atom. The molecule has 6 rings (SSSR count). The van der Waals surface area contributed by atoms with Gasteiger partial charge in [0.05, 0.1) is 39.7 Å². The van der Waals surface area contributed by atoms with Gasteiger partial charge in [0.15, 0.2) is 5.78 Å². The normalized spacial score (nSPS) is 14.9. The number of ketones is 1. The van der Waals surface area contributed by atoms with Crippen LogP contribution in [0.4, 0.5) is 28.4 Å². The number of carbonyl (C=O) groups is 2. The summed E-state index contributed by atoms with van der Waals surface area (Å²) in [5, 5.41) is 7.39. The van der Waals surface area contributed by atoms with Gasteiger partial charge in [-0.05, 0) is 42.0 Å². The van der Waals surface area contributed by atoms with Crippen LogP contribution in [0.1, 0.15) is 33.1 Å². The zero-order chi connectivity index (χ0) is 24.8. The van der Waals surface area contributed by atoms with Crippen molar-refractivity contribution in [3.8, 4) is 0 Å². The lowest BCUT2D eigenvalue weighted by Crippen LogP contribution is -2.28. The standard InChI is InChI=1S/C28H18Cl2N4O2/c29-16-10-11-20(30)22(12-16)34(15-35)23-13-21(33-17-6-2-1-3-7-17)27-25-24(23)28(36)19-9-5-4-8-18(19)26(25)31-14-32-27/h1-15,26,33H,(H,31,32). The molecule has 1 aliphatic carbocycles. The molecule has 36 heavy (non-hydrogen) atoms. The van der Waals surface area contributed by atoms with Crippen LogP contribution in [-0.4, -0.2) is 18.5 Å². The number of halogens is 2. The number of nitrogens with one attached hydrogen (secondary N) is 2. The van der Waals surface area contributed by atoms with E-state index >= 15 is 0 Å². The van der Waals surface area contributed by atoms with Crippen molar-refractivity contribution in [2.45, 2.75) is 6.04 Å². The van der Waals surface area contributed by atoms with Crippen LogP contribution in [0.2, 0.25) is 10.0 Å². The van der Waals surface area contributed by atoms with E-state index in [1.807, 2.05) is 48.5 Å². The molecule has 0 bridgehead atoms. The summed E-state index contributed by atoms with van der Waals surface area (Å²) in [6, 6.07) is 23.3. The van der Waals surface area contributed by atoms with E-state index in [0.29, 0.717) is 50.2 Å². The second-order valence-electron chi connectivity index (χ2n) is 8.41. The first-order chi connectivity index (χ1) is 17.6. The Labute approximate surface area is 217 Å². The molecule has 0 fully saturated rings. The Kier molecular flexibility index (Phi) is 5.48. The monoisotopic (exact) mass is 512 g/mol. The second kappa shape index (κ2) is 8.82. The first kappa shape index (κ1) is 22.3. The third-order valence-corrected chi connectivity index (χ3v) is 6.92. The number of amides is 1. The number of hydrogen-bond donors (Lipinski definition) is 2. The fraction of sp³-hybridized carbons (Fsp3) is 0.0357. The molecule has 1 atom stereocenters. The zero-order valence-electron chi connectivity index (χ0n) is 18.7. The van der Waals surface area contributed by atoms with Gasteiger partial charge in [-0.3, -0.25) is 19.5 Å². The highest BCUT2D eigenvalue weighted by molar-refractivity contribution is 6.36. The van der Waals surface area contributed by atoms with Crippen molar-refractivity contribution < 1.29 is 9.59 Å². The molecule has 1 aliphatic heterocycles. The average molecular weight is 513 g/mol. The lowest BCUT2D eigenvalue weighted by molar-refractivity contribution is -0.106. The maximum absolute atomic E-state index is 13.9. The molecule has 4 aromatic carbocycles. The van der Waals surface area contributed by atoms with Gasteiger partial charge in [0, 0.05) is 21.8 Å². The summed E-state index contributed by atoms with van der Waals surface area (Å²) in [6.45, 7) is 0. The number of nitrogens with zero attached hydrogens (tertiary/aromatic N) is 2. The molecular weight excluding hydrogens is 495 g/mol. The Bertz CT molecular complexity index is 1570. The fourth-order valence-corrected chi connectivity index (χ4v) is 5.17. The van der Waals surface area contributed by atoms with E-state index in [-0.39, 0.29) is 5.78 Å². The number of hydrogen-bond acceptors (Lipinski definition) is 5. The van der Waals surface area contributed by atoms with Crippen LogP contribution in [0.15, 0.2) is 83.9 Å². The summed E-state index contributed by atoms with van der Waals surface area (Å²) in [5.74, 6) is -0.191. The van der Waals surface area contributed by atoms with E-state index in [1.165, 1.54) is 4.90 Å². The molecular formula is C28H18Cl2N4O2. The smallest absolute Gasteiger partial charge is 0.218 e. The summed E-state index contributed by atoms with van der Waals surface area (Å²) in [4.78, 5) is 32.6. The number of benzene rings is 4. The predicted octanol–water partition coefficient (Wildman–Crippen LogP) is 7.12. The number of carbonyl (C=O) groups excluding carboxylic acids is 2. The van der Waals surface area contributed by atoms with Gasteiger partial charge < -0.3 is 10.6 Å². The summed E-state index contributed by atoms with van der Waals surface area (Å²) < 4.78 is 0. The van der Waals surface area contributed by atoms with Crippen molar-refractivity contribution in [2.24, 2.45) is 4.99 Å². The summed E-state index contributed by atoms with van der Waals surface area (Å²) in [6.07, 6.45) is 2.29. The third-order valence-electron chi connectivity index (χ3n) is 6.36. The summed E-state index contributed by atoms with van der Waals surface area (Å²) >= 11 is 12.7. The maximum Gasteiger partial charge on any atom is 0.218 e. The highest BCUT2D eigenvalue weighted by Gasteiger charge is 2.38. The molecule has 0 saturated heterocycles. The van der Waals surface area contributed by atoms with E-state index in [2.05, 4.69) is 15.6 Å². The minimum atomic E-state index is -0.412. The molecule has 2 N–H and O–H groups in total. The molecule has 1 amide bonds. The van der Waals surface area contributed by atoms with Gasteiger partial charge in [-0.25, -0.2) is 0 Å². The fourth-order valence-electron chi connectivity index (χ4n) is 4.80. The largest absolute Gasteiger partial charge is 0.354 e. The molecule has 1 unspecified atom stereocenters. The minimum Gasteiger partial charge on any atom is -0.354 e. The van der Waals surface area contributed by atoms with Crippen LogP contribution in [0.3, 0.4) is 0 Å². The van der Waals surface area contributed by atoms with E-state index in [9.17, 15) is 9.59 Å². The molecule has 6 nitrogen and oxygen atoms in total. The maximum atomic E-state index is 13.9. The Morgan fingerprint density at radius 1 is 0.944 bits per heavy atom. The molecule has 2 aliphatic rings. The molecule has 0 spiro atoms. The quantitative estimate of drug-likeness (QED) is 0.279. The van der Waals surface area contributed by atoms with E-state index in [0.717, 1.165) is 16.9 Å². The van der Waals surface area contributed by atoms with Crippen LogP contribution in [-0.2, 0) is 4.79 Å². The number of anilines is 5. The topological polar surface area (TPSA) is 73.8 Å². The first-order valence-electron chi connectivity index (χ1n) is 11.2. The number of rotatable bonds is 5. The van der Waals surface area contributed by atoms with Gasteiger partial charge >= 0.3 is 0 Å². The van der Waals surface area contributed by atoms with Crippen molar-refractivity contribution in [1.82, 2.24) is 0 Å². The van der Waals surface area contributed by atoms with Crippen molar-refractivity contribution in [3.63, 3.8) is 0 Å². The molecule has 176 valence electrons. The van der Waals surface area contributed by atoms with Gasteiger partial charge in [0.1, 0.15) is 6.04 Å². The predicted molar refractivity (Wildman–Crippen MR) is 145 cm³/mol. The van der Waals surface area contributed by atoms with Crippen molar-refractivity contribution in [3.05, 3.63) is 111 Å². The van der Waals surface area contributed by atoms with Crippen molar-refractivity contribution in [1.29, 1.82) is 0 Å². The number of fused-ring (bicyclic) bond motifs is 2. The van der Waals surface area contributed by atoms with E-state index in [1.54, 1.807) is 36.7 Å². The first-order valence-corrected chi connectivity index (χ1v) is 12.0. The van der Waals surface area contributed by atoms with E-state index in [4.69, 9.17) is 23.2 Å². The molecule has 0 aromatic heterocycles. The summed E-state index contributed by atoms with van der Waals surface area (Å²) in [5.41, 5.74) is 5.46. The molecule has 0 radical (unpaired) electrons. The van der Waals surface area contributed by atoms with E-state index < -0.39 is 6.04 Å². The Hall–Kier alpha value is -4.13.